The summed E-state index contributed by atoms with van der Waals surface area (Å²) in [6, 6.07) is 14.6. The summed E-state index contributed by atoms with van der Waals surface area (Å²) >= 11 is 7.16. The minimum absolute atomic E-state index is 0.267. The number of nitrogens with one attached hydrogen (secondary N) is 1. The van der Waals surface area contributed by atoms with Gasteiger partial charge in [0.2, 0.25) is 0 Å². The Kier molecular flexibility index (Phi) is 4.59. The molecule has 5 nitrogen and oxygen atoms in total. The number of halogens is 1. The van der Waals surface area contributed by atoms with Gasteiger partial charge in [-0.15, -0.1) is 11.3 Å². The standard InChI is InChI=1S/C20H16ClN3O2S/c1-2-26-14-7-8-16-11(9-14)10-15-17(22)18(27-20(15)24-16)19(25)23-13-5-3-12(21)4-6-13/h3-10H,2,22H2,1H3,(H,23,25). The highest BCUT2D eigenvalue weighted by Crippen LogP contribution is 2.35. The molecular weight excluding hydrogens is 382 g/mol. The van der Waals surface area contributed by atoms with Crippen LogP contribution in [0.15, 0.2) is 48.5 Å². The molecule has 0 aliphatic carbocycles. The number of hydrogen-bond donors (Lipinski definition) is 2. The first kappa shape index (κ1) is 17.6. The molecule has 2 aromatic heterocycles. The summed E-state index contributed by atoms with van der Waals surface area (Å²) in [4.78, 5) is 18.5. The lowest BCUT2D eigenvalue weighted by Crippen LogP contribution is -2.11. The van der Waals surface area contributed by atoms with Crippen molar-refractivity contribution in [2.24, 2.45) is 0 Å². The van der Waals surface area contributed by atoms with Gasteiger partial charge in [0.15, 0.2) is 0 Å². The number of hydrogen-bond acceptors (Lipinski definition) is 5. The van der Waals surface area contributed by atoms with Crippen LogP contribution >= 0.6 is 22.9 Å². The van der Waals surface area contributed by atoms with Gasteiger partial charge in [-0.3, -0.25) is 4.79 Å². The average molecular weight is 398 g/mol. The van der Waals surface area contributed by atoms with Gasteiger partial charge in [0, 0.05) is 21.5 Å². The molecule has 1 amide bonds. The van der Waals surface area contributed by atoms with E-state index >= 15 is 0 Å². The fourth-order valence-electron chi connectivity index (χ4n) is 2.83. The third-order valence-corrected chi connectivity index (χ3v) is 5.47. The first-order chi connectivity index (χ1) is 13.0. The number of thiophene rings is 1. The van der Waals surface area contributed by atoms with E-state index in [0.29, 0.717) is 27.9 Å². The number of carbonyl (C=O) groups is 1. The van der Waals surface area contributed by atoms with Gasteiger partial charge in [-0.1, -0.05) is 11.6 Å². The number of rotatable bonds is 4. The minimum atomic E-state index is -0.267. The molecule has 4 rings (SSSR count). The van der Waals surface area contributed by atoms with Crippen LogP contribution in [0.5, 0.6) is 5.75 Å². The van der Waals surface area contributed by atoms with Crippen molar-refractivity contribution in [1.29, 1.82) is 0 Å². The molecule has 0 spiro atoms. The zero-order chi connectivity index (χ0) is 19.0. The van der Waals surface area contributed by atoms with E-state index in [0.717, 1.165) is 26.9 Å². The quantitative estimate of drug-likeness (QED) is 0.487. The maximum atomic E-state index is 12.7. The first-order valence-electron chi connectivity index (χ1n) is 8.37. The summed E-state index contributed by atoms with van der Waals surface area (Å²) in [5.41, 5.74) is 8.17. The van der Waals surface area contributed by atoms with Crippen LogP contribution in [0.1, 0.15) is 16.6 Å². The zero-order valence-electron chi connectivity index (χ0n) is 14.5. The van der Waals surface area contributed by atoms with Crippen molar-refractivity contribution in [3.05, 3.63) is 58.4 Å². The molecule has 0 saturated heterocycles. The van der Waals surface area contributed by atoms with Gasteiger partial charge >= 0.3 is 0 Å². The SMILES string of the molecule is CCOc1ccc2nc3sc(C(=O)Nc4ccc(Cl)cc4)c(N)c3cc2c1. The largest absolute Gasteiger partial charge is 0.494 e. The monoisotopic (exact) mass is 397 g/mol. The third kappa shape index (κ3) is 3.41. The van der Waals surface area contributed by atoms with Crippen molar-refractivity contribution in [1.82, 2.24) is 4.98 Å². The van der Waals surface area contributed by atoms with Crippen LogP contribution in [0.25, 0.3) is 21.1 Å². The number of nitrogens with zero attached hydrogens (tertiary/aromatic N) is 1. The maximum absolute atomic E-state index is 12.7. The number of pyridine rings is 1. The van der Waals surface area contributed by atoms with Gasteiger partial charge in [0.25, 0.3) is 5.91 Å². The fraction of sp³-hybridized carbons (Fsp3) is 0.100. The van der Waals surface area contributed by atoms with Crippen molar-refractivity contribution in [2.45, 2.75) is 6.92 Å². The summed E-state index contributed by atoms with van der Waals surface area (Å²) in [7, 11) is 0. The Morgan fingerprint density at radius 1 is 1.22 bits per heavy atom. The number of amides is 1. The molecule has 136 valence electrons. The molecule has 4 aromatic rings. The smallest absolute Gasteiger partial charge is 0.267 e. The Morgan fingerprint density at radius 2 is 2.00 bits per heavy atom. The first-order valence-corrected chi connectivity index (χ1v) is 9.57. The van der Waals surface area contributed by atoms with Crippen LogP contribution in [-0.2, 0) is 0 Å². The number of nitrogens with two attached hydrogens (primary N) is 1. The highest BCUT2D eigenvalue weighted by molar-refractivity contribution is 7.21. The molecule has 0 aliphatic rings. The van der Waals surface area contributed by atoms with Crippen molar-refractivity contribution < 1.29 is 9.53 Å². The van der Waals surface area contributed by atoms with Gasteiger partial charge in [-0.05, 0) is 55.5 Å². The summed E-state index contributed by atoms with van der Waals surface area (Å²) in [5.74, 6) is 0.512. The van der Waals surface area contributed by atoms with Gasteiger partial charge in [-0.25, -0.2) is 4.98 Å². The van der Waals surface area contributed by atoms with Crippen molar-refractivity contribution in [3.63, 3.8) is 0 Å². The zero-order valence-corrected chi connectivity index (χ0v) is 16.0. The van der Waals surface area contributed by atoms with E-state index in [1.54, 1.807) is 24.3 Å². The van der Waals surface area contributed by atoms with Crippen molar-refractivity contribution in [2.75, 3.05) is 17.7 Å². The molecule has 0 bridgehead atoms. The molecule has 0 atom stereocenters. The maximum Gasteiger partial charge on any atom is 0.267 e. The van der Waals surface area contributed by atoms with Crippen LogP contribution in [0.3, 0.4) is 0 Å². The van der Waals surface area contributed by atoms with E-state index in [1.165, 1.54) is 11.3 Å². The Balaban J connectivity index is 1.72. The van der Waals surface area contributed by atoms with Crippen LogP contribution in [0, 0.1) is 0 Å². The van der Waals surface area contributed by atoms with E-state index in [9.17, 15) is 4.79 Å². The fourth-order valence-corrected chi connectivity index (χ4v) is 3.93. The number of ether oxygens (including phenoxy) is 1. The second-order valence-corrected chi connectivity index (χ2v) is 7.37. The van der Waals surface area contributed by atoms with Gasteiger partial charge < -0.3 is 15.8 Å². The summed E-state index contributed by atoms with van der Waals surface area (Å²) in [6.07, 6.45) is 0. The number of fused-ring (bicyclic) bond motifs is 2. The van der Waals surface area contributed by atoms with Gasteiger partial charge in [0.1, 0.15) is 15.5 Å². The van der Waals surface area contributed by atoms with Crippen LogP contribution in [0.4, 0.5) is 11.4 Å². The van der Waals surface area contributed by atoms with Crippen LogP contribution in [0.2, 0.25) is 5.02 Å². The van der Waals surface area contributed by atoms with Crippen molar-refractivity contribution >= 4 is 61.3 Å². The lowest BCUT2D eigenvalue weighted by Gasteiger charge is -2.05. The molecule has 2 heterocycles. The predicted octanol–water partition coefficient (Wildman–Crippen LogP) is 5.34. The minimum Gasteiger partial charge on any atom is -0.494 e. The van der Waals surface area contributed by atoms with Gasteiger partial charge in [-0.2, -0.15) is 0 Å². The highest BCUT2D eigenvalue weighted by atomic mass is 35.5. The van der Waals surface area contributed by atoms with Crippen LogP contribution in [-0.4, -0.2) is 17.5 Å². The van der Waals surface area contributed by atoms with E-state index in [4.69, 9.17) is 22.1 Å². The predicted molar refractivity (Wildman–Crippen MR) is 112 cm³/mol. The number of benzene rings is 2. The molecule has 7 heteroatoms. The number of carbonyl (C=O) groups excluding carboxylic acids is 1. The lowest BCUT2D eigenvalue weighted by molar-refractivity contribution is 0.103. The number of nitrogen functional groups attached to an aromatic ring is 1. The lowest BCUT2D eigenvalue weighted by atomic mass is 10.1. The molecule has 0 fully saturated rings. The molecule has 27 heavy (non-hydrogen) atoms. The van der Waals surface area contributed by atoms with Gasteiger partial charge in [0.05, 0.1) is 17.8 Å². The topological polar surface area (TPSA) is 77.2 Å². The van der Waals surface area contributed by atoms with E-state index in [2.05, 4.69) is 10.3 Å². The number of aromatic nitrogens is 1. The molecule has 0 aliphatic heterocycles. The third-order valence-electron chi connectivity index (χ3n) is 4.10. The molecule has 0 radical (unpaired) electrons. The molecule has 0 unspecified atom stereocenters. The summed E-state index contributed by atoms with van der Waals surface area (Å²) < 4.78 is 5.54. The Hall–Kier alpha value is -2.83. The molecule has 0 saturated carbocycles. The van der Waals surface area contributed by atoms with E-state index < -0.39 is 0 Å². The second-order valence-electron chi connectivity index (χ2n) is 5.93. The Labute approximate surface area is 164 Å². The number of anilines is 2. The highest BCUT2D eigenvalue weighted by Gasteiger charge is 2.18. The van der Waals surface area contributed by atoms with E-state index in [-0.39, 0.29) is 5.91 Å². The van der Waals surface area contributed by atoms with Crippen LogP contribution < -0.4 is 15.8 Å². The molecule has 3 N–H and O–H groups in total. The molecular formula is C20H16ClN3O2S. The Bertz CT molecular complexity index is 1160. The molecule has 2 aromatic carbocycles. The second kappa shape index (κ2) is 7.06. The Morgan fingerprint density at radius 3 is 2.74 bits per heavy atom. The summed E-state index contributed by atoms with van der Waals surface area (Å²) in [6.45, 7) is 2.53. The van der Waals surface area contributed by atoms with E-state index in [1.807, 2.05) is 31.2 Å². The average Bonchev–Trinajstić information content (AvgIpc) is 2.98. The summed E-state index contributed by atoms with van der Waals surface area (Å²) in [5, 5.41) is 5.13. The normalized spacial score (nSPS) is 11.0. The van der Waals surface area contributed by atoms with Crippen molar-refractivity contribution in [3.8, 4) is 5.75 Å².